The summed E-state index contributed by atoms with van der Waals surface area (Å²) in [5.74, 6) is -0.758. The number of ether oxygens (including phenoxy) is 8. The van der Waals surface area contributed by atoms with Crippen molar-refractivity contribution in [1.29, 1.82) is 0 Å². The number of aliphatic hydroxyl groups excluding tert-OH is 14. The number of hydrogen-bond donors (Lipinski definition) is 16. The zero-order chi connectivity index (χ0) is 40.9. The maximum atomic E-state index is 12.1. The molecule has 0 aliphatic carbocycles. The summed E-state index contributed by atoms with van der Waals surface area (Å²) in [6.07, 6.45) is -40.0. The smallest absolute Gasteiger partial charge is 0.217 e. The molecule has 17 N–H and O–H groups in total. The Labute approximate surface area is 312 Å². The molecule has 0 spiro atoms. The lowest BCUT2D eigenvalue weighted by molar-refractivity contribution is -0.403. The summed E-state index contributed by atoms with van der Waals surface area (Å²) in [4.78, 5) is 12.1. The minimum absolute atomic E-state index is 0.116. The van der Waals surface area contributed by atoms with Crippen LogP contribution in [0.1, 0.15) is 6.92 Å². The molecule has 0 bridgehead atoms. The van der Waals surface area contributed by atoms with Crippen molar-refractivity contribution in [3.63, 3.8) is 0 Å². The summed E-state index contributed by atoms with van der Waals surface area (Å²) in [6.45, 7) is -3.17. The Kier molecular flexibility index (Phi) is 17.2. The lowest BCUT2D eigenvalue weighted by atomic mass is 9.92. The topological polar surface area (TPSA) is 412 Å². The number of amides is 1. The van der Waals surface area contributed by atoms with Crippen molar-refractivity contribution in [1.82, 2.24) is 5.32 Å². The molecule has 25 nitrogen and oxygen atoms in total. The Morgan fingerprint density at radius 1 is 0.600 bits per heavy atom. The van der Waals surface area contributed by atoms with E-state index >= 15 is 0 Å². The van der Waals surface area contributed by atoms with Crippen LogP contribution in [0.3, 0.4) is 0 Å². The van der Waals surface area contributed by atoms with Gasteiger partial charge in [0.15, 0.2) is 25.2 Å². The van der Waals surface area contributed by atoms with E-state index < -0.39 is 167 Å². The first kappa shape index (κ1) is 46.2. The van der Waals surface area contributed by atoms with Crippen LogP contribution in [0.15, 0.2) is 0 Å². The Morgan fingerprint density at radius 3 is 1.69 bits per heavy atom. The highest BCUT2D eigenvalue weighted by atomic mass is 16.8. The number of nitrogens with two attached hydrogens (primary N) is 1. The van der Waals surface area contributed by atoms with Gasteiger partial charge in [-0.2, -0.15) is 0 Å². The Morgan fingerprint density at radius 2 is 1.13 bits per heavy atom. The van der Waals surface area contributed by atoms with Crippen molar-refractivity contribution < 1.29 is 114 Å². The van der Waals surface area contributed by atoms with Gasteiger partial charge in [0, 0.05) is 13.5 Å². The molecule has 0 radical (unpaired) electrons. The zero-order valence-corrected chi connectivity index (χ0v) is 29.5. The van der Waals surface area contributed by atoms with Crippen LogP contribution in [0.2, 0.25) is 0 Å². The van der Waals surface area contributed by atoms with Crippen LogP contribution in [0, 0.1) is 0 Å². The van der Waals surface area contributed by atoms with E-state index in [1.807, 2.05) is 0 Å². The summed E-state index contributed by atoms with van der Waals surface area (Å²) in [6, 6.07) is -1.62. The third-order valence-electron chi connectivity index (χ3n) is 9.64. The number of hydrogen-bond acceptors (Lipinski definition) is 24. The minimum atomic E-state index is -2.17. The lowest BCUT2D eigenvalue weighted by Gasteiger charge is -2.51. The molecule has 25 heteroatoms. The van der Waals surface area contributed by atoms with Crippen molar-refractivity contribution in [2.24, 2.45) is 5.73 Å². The van der Waals surface area contributed by atoms with Crippen LogP contribution in [-0.4, -0.2) is 252 Å². The molecule has 0 unspecified atom stereocenters. The number of carbonyl (C=O) groups is 1. The second-order valence-electron chi connectivity index (χ2n) is 13.5. The highest BCUT2D eigenvalue weighted by Gasteiger charge is 2.58. The van der Waals surface area contributed by atoms with Crippen LogP contribution >= 0.6 is 0 Å². The SMILES string of the molecule is CC(=O)N[C@H]1[C@@H](O[C@@H]2[C@@H](O[C@@H]3[C@H](O)[C@@H](OCCN)O[C@H]([C@@H](O)CO)[C@H]3O[C@@H]3O[C@H](CO)[C@@H](O)[C@H](O)[C@H]3O)O[C@H]([C@@H](O)CO)[C@@H](O)[C@@H]2O)O[C@H](CO)[C@@H](O)[C@@H]1O. The fourth-order valence-electron chi connectivity index (χ4n) is 6.67. The van der Waals surface area contributed by atoms with E-state index in [9.17, 15) is 76.3 Å². The molecule has 4 saturated heterocycles. The first-order valence-electron chi connectivity index (χ1n) is 17.5. The van der Waals surface area contributed by atoms with Gasteiger partial charge in [0.05, 0.1) is 33.0 Å². The Bertz CT molecular complexity index is 1180. The van der Waals surface area contributed by atoms with Gasteiger partial charge in [0.25, 0.3) is 0 Å². The van der Waals surface area contributed by atoms with E-state index in [-0.39, 0.29) is 13.2 Å². The molecule has 22 atom stereocenters. The molecule has 4 fully saturated rings. The van der Waals surface area contributed by atoms with Gasteiger partial charge in [-0.15, -0.1) is 0 Å². The number of carbonyl (C=O) groups excluding carboxylic acids is 1. The third-order valence-corrected chi connectivity index (χ3v) is 9.64. The standard InChI is InChI=1S/C30H54N2O23/c1-8(37)32-13-16(42)14(40)11(6-35)49-27(13)54-25-19(45)18(44)22(9(38)4-33)51-30(25)53-24-21(47)28(48-3-2-31)52-23(10(39)5-34)26(24)55-29-20(46)17(43)15(41)12(7-36)50-29/h9-30,33-36,38-47H,2-7,31H2,1H3,(H,32,37)/t9-,10-,11+,12+,13+,14+,15+,16+,17-,18-,19-,20+,21-,22+,23+,24+,25-,26+,27+,28-,29-,30+/m0/s1. The maximum Gasteiger partial charge on any atom is 0.217 e. The summed E-state index contributed by atoms with van der Waals surface area (Å²) in [7, 11) is 0. The molecule has 0 saturated carbocycles. The van der Waals surface area contributed by atoms with Gasteiger partial charge in [-0.3, -0.25) is 4.79 Å². The van der Waals surface area contributed by atoms with E-state index in [0.29, 0.717) is 0 Å². The van der Waals surface area contributed by atoms with Crippen LogP contribution in [0.5, 0.6) is 0 Å². The molecular weight excluding hydrogens is 756 g/mol. The van der Waals surface area contributed by atoms with Crippen molar-refractivity contribution >= 4 is 5.91 Å². The lowest BCUT2D eigenvalue weighted by Crippen LogP contribution is -2.70. The second-order valence-corrected chi connectivity index (χ2v) is 13.5. The molecule has 4 aliphatic rings. The monoisotopic (exact) mass is 810 g/mol. The fourth-order valence-corrected chi connectivity index (χ4v) is 6.67. The first-order valence-corrected chi connectivity index (χ1v) is 17.5. The van der Waals surface area contributed by atoms with Gasteiger partial charge in [0.2, 0.25) is 5.91 Å². The predicted molar refractivity (Wildman–Crippen MR) is 170 cm³/mol. The van der Waals surface area contributed by atoms with E-state index in [2.05, 4.69) is 5.32 Å². The molecule has 322 valence electrons. The largest absolute Gasteiger partial charge is 0.394 e. The Balaban J connectivity index is 1.78. The normalized spacial score (nSPS) is 46.5. The van der Waals surface area contributed by atoms with E-state index in [1.165, 1.54) is 0 Å². The van der Waals surface area contributed by atoms with Gasteiger partial charge >= 0.3 is 0 Å². The first-order chi connectivity index (χ1) is 26.0. The van der Waals surface area contributed by atoms with E-state index in [0.717, 1.165) is 6.92 Å². The average molecular weight is 811 g/mol. The molecule has 1 amide bonds. The molecule has 4 heterocycles. The minimum Gasteiger partial charge on any atom is -0.394 e. The number of rotatable bonds is 16. The second kappa shape index (κ2) is 20.5. The van der Waals surface area contributed by atoms with Gasteiger partial charge in [-0.05, 0) is 0 Å². The number of aliphatic hydroxyl groups is 14. The molecular formula is C30H54N2O23. The zero-order valence-electron chi connectivity index (χ0n) is 29.5. The summed E-state index contributed by atoms with van der Waals surface area (Å²) in [5.41, 5.74) is 5.55. The Hall–Kier alpha value is -1.45. The van der Waals surface area contributed by atoms with Crippen molar-refractivity contribution in [3.8, 4) is 0 Å². The van der Waals surface area contributed by atoms with Crippen LogP contribution in [-0.2, 0) is 42.7 Å². The summed E-state index contributed by atoms with van der Waals surface area (Å²) in [5, 5.41) is 150. The molecule has 55 heavy (non-hydrogen) atoms. The summed E-state index contributed by atoms with van der Waals surface area (Å²) >= 11 is 0. The van der Waals surface area contributed by atoms with Crippen LogP contribution in [0.25, 0.3) is 0 Å². The highest BCUT2D eigenvalue weighted by Crippen LogP contribution is 2.37. The number of nitrogens with one attached hydrogen (secondary N) is 1. The van der Waals surface area contributed by atoms with Gasteiger partial charge in [-0.1, -0.05) is 0 Å². The van der Waals surface area contributed by atoms with Crippen molar-refractivity contribution in [2.75, 3.05) is 39.6 Å². The summed E-state index contributed by atoms with van der Waals surface area (Å²) < 4.78 is 45.9. The highest BCUT2D eigenvalue weighted by molar-refractivity contribution is 5.73. The predicted octanol–water partition coefficient (Wildman–Crippen LogP) is -10.9. The molecule has 0 aromatic carbocycles. The molecule has 0 aromatic rings. The maximum absolute atomic E-state index is 12.1. The van der Waals surface area contributed by atoms with Crippen LogP contribution in [0.4, 0.5) is 0 Å². The fraction of sp³-hybridized carbons (Fsp3) is 0.967. The third kappa shape index (κ3) is 10.2. The average Bonchev–Trinajstić information content (AvgIpc) is 3.17. The van der Waals surface area contributed by atoms with Crippen LogP contribution < -0.4 is 11.1 Å². The van der Waals surface area contributed by atoms with Crippen molar-refractivity contribution in [3.05, 3.63) is 0 Å². The van der Waals surface area contributed by atoms with Gasteiger partial charge in [-0.25, -0.2) is 0 Å². The van der Waals surface area contributed by atoms with E-state index in [4.69, 9.17) is 43.6 Å². The molecule has 4 aliphatic heterocycles. The van der Waals surface area contributed by atoms with Gasteiger partial charge < -0.3 is 120 Å². The molecule has 4 rings (SSSR count). The quantitative estimate of drug-likeness (QED) is 0.0688. The molecule has 0 aromatic heterocycles. The van der Waals surface area contributed by atoms with E-state index in [1.54, 1.807) is 0 Å². The van der Waals surface area contributed by atoms with Gasteiger partial charge in [0.1, 0.15) is 110 Å². The van der Waals surface area contributed by atoms with Crippen molar-refractivity contribution in [2.45, 2.75) is 142 Å².